The van der Waals surface area contributed by atoms with E-state index < -0.39 is 17.5 Å². The van der Waals surface area contributed by atoms with Gasteiger partial charge in [0.1, 0.15) is 0 Å². The highest BCUT2D eigenvalue weighted by Gasteiger charge is 2.37. The number of aryl methyl sites for hydroxylation is 1. The van der Waals surface area contributed by atoms with Gasteiger partial charge in [0.15, 0.2) is 5.72 Å². The normalized spacial score (nSPS) is 22.7. The predicted octanol–water partition coefficient (Wildman–Crippen LogP) is 1.27. The molecular formula is C13H15NO3. The minimum Gasteiger partial charge on any atom is -0.434 e. The van der Waals surface area contributed by atoms with Gasteiger partial charge in [-0.25, -0.2) is 4.79 Å². The van der Waals surface area contributed by atoms with Crippen LogP contribution in [-0.2, 0) is 26.5 Å². The van der Waals surface area contributed by atoms with Crippen molar-refractivity contribution in [3.05, 3.63) is 35.4 Å². The molecule has 4 heteroatoms. The van der Waals surface area contributed by atoms with Gasteiger partial charge in [-0.15, -0.1) is 0 Å². The molecule has 4 nitrogen and oxygen atoms in total. The molecule has 1 aliphatic carbocycles. The summed E-state index contributed by atoms with van der Waals surface area (Å²) in [6.45, 7) is 1.18. The number of ether oxygens (including phenoxy) is 1. The Hall–Kier alpha value is -1.68. The third-order valence-electron chi connectivity index (χ3n) is 3.03. The second-order valence-corrected chi connectivity index (χ2v) is 4.35. The summed E-state index contributed by atoms with van der Waals surface area (Å²) in [6, 6.07) is 7.60. The molecule has 0 heterocycles. The van der Waals surface area contributed by atoms with Gasteiger partial charge in [-0.3, -0.25) is 10.5 Å². The highest BCUT2D eigenvalue weighted by atomic mass is 16.6. The van der Waals surface area contributed by atoms with Gasteiger partial charge < -0.3 is 4.74 Å². The number of hydrogen-bond acceptors (Lipinski definition) is 4. The largest absolute Gasteiger partial charge is 0.434 e. The van der Waals surface area contributed by atoms with Crippen molar-refractivity contribution in [2.45, 2.75) is 31.9 Å². The number of benzene rings is 1. The molecule has 0 saturated carbocycles. The monoisotopic (exact) mass is 233 g/mol. The average Bonchev–Trinajstić information content (AvgIpc) is 2.29. The van der Waals surface area contributed by atoms with E-state index >= 15 is 0 Å². The molecule has 0 unspecified atom stereocenters. The van der Waals surface area contributed by atoms with Crippen molar-refractivity contribution < 1.29 is 14.3 Å². The van der Waals surface area contributed by atoms with Crippen molar-refractivity contribution in [2.75, 3.05) is 0 Å². The van der Waals surface area contributed by atoms with E-state index in [9.17, 15) is 9.59 Å². The first-order valence-electron chi connectivity index (χ1n) is 5.64. The van der Waals surface area contributed by atoms with Gasteiger partial charge in [0.25, 0.3) is 0 Å². The van der Waals surface area contributed by atoms with Crippen molar-refractivity contribution >= 4 is 11.8 Å². The summed E-state index contributed by atoms with van der Waals surface area (Å²) >= 11 is 0. The number of rotatable bonds is 2. The van der Waals surface area contributed by atoms with Crippen LogP contribution in [0.3, 0.4) is 0 Å². The molecule has 0 amide bonds. The zero-order chi connectivity index (χ0) is 12.5. The summed E-state index contributed by atoms with van der Waals surface area (Å²) in [5.74, 6) is -1.50. The highest BCUT2D eigenvalue weighted by molar-refractivity contribution is 6.32. The number of carbonyl (C=O) groups excluding carboxylic acids is 2. The summed E-state index contributed by atoms with van der Waals surface area (Å²) in [5, 5.41) is 0. The Morgan fingerprint density at radius 3 is 2.76 bits per heavy atom. The fraction of sp³-hybridized carbons (Fsp3) is 0.385. The lowest BCUT2D eigenvalue weighted by Crippen LogP contribution is -2.45. The summed E-state index contributed by atoms with van der Waals surface area (Å²) in [7, 11) is 0. The Labute approximate surface area is 99.8 Å². The first-order chi connectivity index (χ1) is 8.03. The fourth-order valence-corrected chi connectivity index (χ4v) is 2.17. The maximum Gasteiger partial charge on any atom is 0.376 e. The molecule has 2 N–H and O–H groups in total. The summed E-state index contributed by atoms with van der Waals surface area (Å²) < 4.78 is 5.16. The molecular weight excluding hydrogens is 218 g/mol. The summed E-state index contributed by atoms with van der Waals surface area (Å²) in [5.41, 5.74) is 6.85. The molecule has 1 aromatic carbocycles. The molecule has 1 aliphatic rings. The lowest BCUT2D eigenvalue weighted by atomic mass is 9.85. The minimum absolute atomic E-state index is 0.545. The van der Waals surface area contributed by atoms with Crippen LogP contribution in [0, 0.1) is 0 Å². The minimum atomic E-state index is -1.16. The molecule has 90 valence electrons. The van der Waals surface area contributed by atoms with Gasteiger partial charge >= 0.3 is 5.97 Å². The van der Waals surface area contributed by atoms with Crippen LogP contribution in [-0.4, -0.2) is 11.8 Å². The molecule has 0 aromatic heterocycles. The number of carbonyl (C=O) groups is 2. The first kappa shape index (κ1) is 11.8. The molecule has 2 rings (SSSR count). The van der Waals surface area contributed by atoms with Crippen LogP contribution in [0.4, 0.5) is 0 Å². The zero-order valence-electron chi connectivity index (χ0n) is 9.73. The van der Waals surface area contributed by atoms with Gasteiger partial charge in [-0.05, 0) is 18.4 Å². The van der Waals surface area contributed by atoms with Crippen LogP contribution >= 0.6 is 0 Å². The molecule has 17 heavy (non-hydrogen) atoms. The zero-order valence-corrected chi connectivity index (χ0v) is 9.73. The van der Waals surface area contributed by atoms with Crippen LogP contribution in [0.1, 0.15) is 30.9 Å². The molecule has 0 fully saturated rings. The summed E-state index contributed by atoms with van der Waals surface area (Å²) in [4.78, 5) is 22.3. The summed E-state index contributed by atoms with van der Waals surface area (Å²) in [6.07, 6.45) is 2.31. The lowest BCUT2D eigenvalue weighted by Gasteiger charge is -2.34. The number of hydrogen-bond donors (Lipinski definition) is 1. The first-order valence-corrected chi connectivity index (χ1v) is 5.64. The Morgan fingerprint density at radius 2 is 2.06 bits per heavy atom. The van der Waals surface area contributed by atoms with Crippen molar-refractivity contribution in [1.29, 1.82) is 0 Å². The van der Waals surface area contributed by atoms with E-state index in [1.165, 1.54) is 6.92 Å². The van der Waals surface area contributed by atoms with E-state index in [1.807, 2.05) is 24.3 Å². The van der Waals surface area contributed by atoms with Crippen LogP contribution < -0.4 is 5.73 Å². The molecule has 0 saturated heterocycles. The van der Waals surface area contributed by atoms with Crippen LogP contribution in [0.5, 0.6) is 0 Å². The van der Waals surface area contributed by atoms with Crippen molar-refractivity contribution in [1.82, 2.24) is 0 Å². The SMILES string of the molecule is CC(=O)C(=O)O[C@@]1(N)CCCc2ccccc21. The maximum absolute atomic E-state index is 11.4. The quantitative estimate of drug-likeness (QED) is 0.474. The van der Waals surface area contributed by atoms with Crippen LogP contribution in [0.15, 0.2) is 24.3 Å². The average molecular weight is 233 g/mol. The van der Waals surface area contributed by atoms with Crippen molar-refractivity contribution in [3.63, 3.8) is 0 Å². The number of esters is 1. The smallest absolute Gasteiger partial charge is 0.376 e. The second-order valence-electron chi connectivity index (χ2n) is 4.35. The number of nitrogens with two attached hydrogens (primary N) is 1. The molecule has 0 bridgehead atoms. The van der Waals surface area contributed by atoms with Gasteiger partial charge in [0, 0.05) is 18.9 Å². The van der Waals surface area contributed by atoms with Crippen molar-refractivity contribution in [2.24, 2.45) is 5.73 Å². The third-order valence-corrected chi connectivity index (χ3v) is 3.03. The Kier molecular flexibility index (Phi) is 2.98. The molecule has 1 aromatic rings. The Balaban J connectivity index is 2.33. The second kappa shape index (κ2) is 4.30. The van der Waals surface area contributed by atoms with Crippen LogP contribution in [0.25, 0.3) is 0 Å². The standard InChI is InChI=1S/C13H15NO3/c1-9(15)12(16)17-13(14)8-4-6-10-5-2-3-7-11(10)13/h2-3,5,7H,4,6,8,14H2,1H3/t13-/m0/s1. The topological polar surface area (TPSA) is 69.4 Å². The molecule has 1 atom stereocenters. The highest BCUT2D eigenvalue weighted by Crippen LogP contribution is 2.34. The van der Waals surface area contributed by atoms with Crippen LogP contribution in [0.2, 0.25) is 0 Å². The molecule has 0 radical (unpaired) electrons. The molecule has 0 spiro atoms. The van der Waals surface area contributed by atoms with Gasteiger partial charge in [0.05, 0.1) is 0 Å². The van der Waals surface area contributed by atoms with E-state index in [0.29, 0.717) is 6.42 Å². The van der Waals surface area contributed by atoms with Gasteiger partial charge in [0.2, 0.25) is 5.78 Å². The number of ketones is 1. The number of Topliss-reactive ketones (excluding diaryl/α,β-unsaturated/α-hetero) is 1. The van der Waals surface area contributed by atoms with E-state index in [2.05, 4.69) is 0 Å². The van der Waals surface area contributed by atoms with Crippen molar-refractivity contribution in [3.8, 4) is 0 Å². The predicted molar refractivity (Wildman–Crippen MR) is 62.0 cm³/mol. The fourth-order valence-electron chi connectivity index (χ4n) is 2.17. The Bertz CT molecular complexity index is 469. The van der Waals surface area contributed by atoms with Gasteiger partial charge in [-0.2, -0.15) is 0 Å². The van der Waals surface area contributed by atoms with E-state index in [4.69, 9.17) is 10.5 Å². The van der Waals surface area contributed by atoms with E-state index in [1.54, 1.807) is 0 Å². The van der Waals surface area contributed by atoms with E-state index in [-0.39, 0.29) is 0 Å². The maximum atomic E-state index is 11.4. The Morgan fingerprint density at radius 1 is 1.35 bits per heavy atom. The van der Waals surface area contributed by atoms with E-state index in [0.717, 1.165) is 24.0 Å². The van der Waals surface area contributed by atoms with Gasteiger partial charge in [-0.1, -0.05) is 24.3 Å². The number of fused-ring (bicyclic) bond motifs is 1. The molecule has 0 aliphatic heterocycles. The lowest BCUT2D eigenvalue weighted by molar-refractivity contribution is -0.167. The third kappa shape index (κ3) is 2.22.